The van der Waals surface area contributed by atoms with Crippen molar-refractivity contribution in [2.24, 2.45) is 5.73 Å². The maximum atomic E-state index is 11.5. The molecule has 3 rings (SSSR count). The van der Waals surface area contributed by atoms with Gasteiger partial charge in [-0.3, -0.25) is 14.8 Å². The normalized spacial score (nSPS) is 12.9. The van der Waals surface area contributed by atoms with Crippen molar-refractivity contribution >= 4 is 16.8 Å². The van der Waals surface area contributed by atoms with Gasteiger partial charge in [0.1, 0.15) is 0 Å². The fraction of sp³-hybridized carbons (Fsp3) is 0.286. The SMILES string of the molecule is CC(O)Cc1nc2ccc(C(N)=O)cc2cc1-c1cc(C(C)(C)O)ccn1. The first-order valence-electron chi connectivity index (χ1n) is 8.76. The zero-order valence-corrected chi connectivity index (χ0v) is 15.6. The van der Waals surface area contributed by atoms with Gasteiger partial charge in [0.15, 0.2) is 0 Å². The van der Waals surface area contributed by atoms with E-state index in [1.165, 1.54) is 0 Å². The van der Waals surface area contributed by atoms with Gasteiger partial charge >= 0.3 is 0 Å². The van der Waals surface area contributed by atoms with Gasteiger partial charge in [-0.05, 0) is 62.7 Å². The minimum Gasteiger partial charge on any atom is -0.393 e. The van der Waals surface area contributed by atoms with Gasteiger partial charge in [-0.25, -0.2) is 0 Å². The van der Waals surface area contributed by atoms with Crippen LogP contribution in [0.2, 0.25) is 0 Å². The molecule has 6 heteroatoms. The van der Waals surface area contributed by atoms with Gasteiger partial charge in [-0.15, -0.1) is 0 Å². The smallest absolute Gasteiger partial charge is 0.248 e. The number of benzene rings is 1. The maximum absolute atomic E-state index is 11.5. The summed E-state index contributed by atoms with van der Waals surface area (Å²) in [5.41, 5.74) is 8.29. The van der Waals surface area contributed by atoms with Gasteiger partial charge in [-0.1, -0.05) is 0 Å². The number of aliphatic hydroxyl groups excluding tert-OH is 1. The second kappa shape index (κ2) is 7.06. The number of carbonyl (C=O) groups is 1. The number of nitrogens with two attached hydrogens (primary N) is 1. The average Bonchev–Trinajstić information content (AvgIpc) is 2.59. The summed E-state index contributed by atoms with van der Waals surface area (Å²) in [5.74, 6) is -0.506. The van der Waals surface area contributed by atoms with E-state index >= 15 is 0 Å². The first kappa shape index (κ1) is 18.9. The number of carbonyl (C=O) groups excluding carboxylic acids is 1. The largest absolute Gasteiger partial charge is 0.393 e. The van der Waals surface area contributed by atoms with E-state index in [0.29, 0.717) is 28.9 Å². The Morgan fingerprint density at radius 2 is 1.96 bits per heavy atom. The molecule has 0 saturated heterocycles. The van der Waals surface area contributed by atoms with Gasteiger partial charge in [0.25, 0.3) is 0 Å². The van der Waals surface area contributed by atoms with Crippen LogP contribution in [0.5, 0.6) is 0 Å². The number of amides is 1. The number of pyridine rings is 2. The highest BCUT2D eigenvalue weighted by atomic mass is 16.3. The lowest BCUT2D eigenvalue weighted by Crippen LogP contribution is -2.15. The van der Waals surface area contributed by atoms with Gasteiger partial charge in [0, 0.05) is 29.1 Å². The van der Waals surface area contributed by atoms with E-state index in [-0.39, 0.29) is 0 Å². The van der Waals surface area contributed by atoms with Crippen molar-refractivity contribution in [3.8, 4) is 11.3 Å². The van der Waals surface area contributed by atoms with Crippen LogP contribution in [0.15, 0.2) is 42.6 Å². The summed E-state index contributed by atoms with van der Waals surface area (Å²) in [6.45, 7) is 5.12. The molecule has 1 atom stereocenters. The fourth-order valence-electron chi connectivity index (χ4n) is 2.99. The summed E-state index contributed by atoms with van der Waals surface area (Å²) in [5, 5.41) is 21.0. The molecular formula is C21H23N3O3. The number of nitrogens with zero attached hydrogens (tertiary/aromatic N) is 2. The second-order valence-corrected chi connectivity index (χ2v) is 7.30. The molecule has 0 aliphatic heterocycles. The summed E-state index contributed by atoms with van der Waals surface area (Å²) >= 11 is 0. The lowest BCUT2D eigenvalue weighted by molar-refractivity contribution is 0.0785. The molecule has 2 heterocycles. The number of aromatic nitrogens is 2. The number of hydrogen-bond donors (Lipinski definition) is 3. The lowest BCUT2D eigenvalue weighted by atomic mass is 9.95. The molecule has 0 aliphatic carbocycles. The van der Waals surface area contributed by atoms with Crippen LogP contribution >= 0.6 is 0 Å². The molecular weight excluding hydrogens is 342 g/mol. The van der Waals surface area contributed by atoms with Crippen molar-refractivity contribution < 1.29 is 15.0 Å². The second-order valence-electron chi connectivity index (χ2n) is 7.30. The molecule has 0 saturated carbocycles. The van der Waals surface area contributed by atoms with E-state index < -0.39 is 17.6 Å². The zero-order valence-electron chi connectivity index (χ0n) is 15.6. The molecule has 0 fully saturated rings. The Kier molecular flexibility index (Phi) is 4.95. The molecule has 140 valence electrons. The molecule has 0 bridgehead atoms. The quantitative estimate of drug-likeness (QED) is 0.644. The molecule has 1 amide bonds. The molecule has 1 unspecified atom stereocenters. The fourth-order valence-corrected chi connectivity index (χ4v) is 2.99. The monoisotopic (exact) mass is 365 g/mol. The molecule has 4 N–H and O–H groups in total. The number of hydrogen-bond acceptors (Lipinski definition) is 5. The van der Waals surface area contributed by atoms with E-state index in [2.05, 4.69) is 9.97 Å². The third-order valence-electron chi connectivity index (χ3n) is 4.41. The number of fused-ring (bicyclic) bond motifs is 1. The van der Waals surface area contributed by atoms with Crippen LogP contribution in [0.3, 0.4) is 0 Å². The number of aliphatic hydroxyl groups is 2. The van der Waals surface area contributed by atoms with Gasteiger partial charge in [0.2, 0.25) is 5.91 Å². The molecule has 3 aromatic rings. The Balaban J connectivity index is 2.23. The Morgan fingerprint density at radius 3 is 2.59 bits per heavy atom. The molecule has 0 radical (unpaired) electrons. The van der Waals surface area contributed by atoms with Crippen LogP contribution in [-0.2, 0) is 12.0 Å². The van der Waals surface area contributed by atoms with Crippen molar-refractivity contribution in [1.29, 1.82) is 0 Å². The first-order valence-corrected chi connectivity index (χ1v) is 8.76. The first-order chi connectivity index (χ1) is 12.6. The lowest BCUT2D eigenvalue weighted by Gasteiger charge is -2.19. The van der Waals surface area contributed by atoms with Crippen LogP contribution in [0, 0.1) is 0 Å². The summed E-state index contributed by atoms with van der Waals surface area (Å²) in [7, 11) is 0. The van der Waals surface area contributed by atoms with Crippen molar-refractivity contribution in [3.63, 3.8) is 0 Å². The predicted octanol–water partition coefficient (Wildman–Crippen LogP) is 2.55. The third-order valence-corrected chi connectivity index (χ3v) is 4.41. The highest BCUT2D eigenvalue weighted by molar-refractivity contribution is 5.97. The Bertz CT molecular complexity index is 1010. The van der Waals surface area contributed by atoms with E-state index in [4.69, 9.17) is 5.73 Å². The highest BCUT2D eigenvalue weighted by Crippen LogP contribution is 2.29. The third kappa shape index (κ3) is 4.13. The van der Waals surface area contributed by atoms with Crippen LogP contribution in [-0.4, -0.2) is 32.2 Å². The Labute approximate surface area is 157 Å². The predicted molar refractivity (Wildman–Crippen MR) is 104 cm³/mol. The van der Waals surface area contributed by atoms with Gasteiger partial charge in [0.05, 0.1) is 28.6 Å². The van der Waals surface area contributed by atoms with E-state index in [1.807, 2.05) is 12.1 Å². The zero-order chi connectivity index (χ0) is 19.8. The van der Waals surface area contributed by atoms with Crippen LogP contribution in [0.4, 0.5) is 0 Å². The molecule has 6 nitrogen and oxygen atoms in total. The van der Waals surface area contributed by atoms with Gasteiger partial charge < -0.3 is 15.9 Å². The van der Waals surface area contributed by atoms with E-state index in [9.17, 15) is 15.0 Å². The van der Waals surface area contributed by atoms with Crippen molar-refractivity contribution in [2.45, 2.75) is 38.9 Å². The standard InChI is InChI=1S/C21H23N3O3/c1-12(25)8-19-16(18-11-15(6-7-23-18)21(2,3)27)10-14-9-13(20(22)26)4-5-17(14)24-19/h4-7,9-12,25,27H,8H2,1-3H3,(H2,22,26). The summed E-state index contributed by atoms with van der Waals surface area (Å²) in [6, 6.07) is 10.5. The summed E-state index contributed by atoms with van der Waals surface area (Å²) < 4.78 is 0. The van der Waals surface area contributed by atoms with Gasteiger partial charge in [-0.2, -0.15) is 0 Å². The number of primary amides is 1. The minimum atomic E-state index is -1.01. The summed E-state index contributed by atoms with van der Waals surface area (Å²) in [4.78, 5) is 20.6. The molecule has 2 aromatic heterocycles. The number of rotatable bonds is 5. The van der Waals surface area contributed by atoms with Crippen LogP contribution < -0.4 is 5.73 Å². The van der Waals surface area contributed by atoms with E-state index in [0.717, 1.165) is 16.5 Å². The molecule has 1 aromatic carbocycles. The Hall–Kier alpha value is -2.83. The van der Waals surface area contributed by atoms with Crippen LogP contribution in [0.1, 0.15) is 42.4 Å². The molecule has 0 aliphatic rings. The minimum absolute atomic E-state index is 0.358. The van der Waals surface area contributed by atoms with Crippen molar-refractivity contribution in [1.82, 2.24) is 9.97 Å². The molecule has 0 spiro atoms. The topological polar surface area (TPSA) is 109 Å². The summed E-state index contributed by atoms with van der Waals surface area (Å²) in [6.07, 6.45) is 1.42. The highest BCUT2D eigenvalue weighted by Gasteiger charge is 2.19. The van der Waals surface area contributed by atoms with Crippen LogP contribution in [0.25, 0.3) is 22.2 Å². The Morgan fingerprint density at radius 1 is 1.22 bits per heavy atom. The van der Waals surface area contributed by atoms with E-state index in [1.54, 1.807) is 51.2 Å². The van der Waals surface area contributed by atoms with Crippen molar-refractivity contribution in [2.75, 3.05) is 0 Å². The maximum Gasteiger partial charge on any atom is 0.248 e. The van der Waals surface area contributed by atoms with Crippen molar-refractivity contribution in [3.05, 3.63) is 59.4 Å². The molecule has 27 heavy (non-hydrogen) atoms. The average molecular weight is 365 g/mol.